The van der Waals surface area contributed by atoms with Crippen LogP contribution in [0.25, 0.3) is 11.3 Å². The number of benzene rings is 1. The van der Waals surface area contributed by atoms with Gasteiger partial charge in [-0.3, -0.25) is 24.7 Å². The van der Waals surface area contributed by atoms with Crippen molar-refractivity contribution < 1.29 is 9.63 Å². The van der Waals surface area contributed by atoms with Crippen molar-refractivity contribution >= 4 is 11.5 Å². The highest BCUT2D eigenvalue weighted by Gasteiger charge is 2.26. The molecule has 0 unspecified atom stereocenters. The van der Waals surface area contributed by atoms with Gasteiger partial charge in [-0.1, -0.05) is 24.2 Å². The number of aromatic nitrogens is 4. The first kappa shape index (κ1) is 22.5. The Labute approximate surface area is 204 Å². The van der Waals surface area contributed by atoms with Gasteiger partial charge >= 0.3 is 0 Å². The molecule has 1 aliphatic rings. The number of aryl methyl sites for hydroxylation is 1. The summed E-state index contributed by atoms with van der Waals surface area (Å²) in [7, 11) is 0. The molecule has 1 aromatic carbocycles. The summed E-state index contributed by atoms with van der Waals surface area (Å²) in [6, 6.07) is 15.5. The van der Waals surface area contributed by atoms with E-state index in [1.165, 1.54) is 0 Å². The van der Waals surface area contributed by atoms with Crippen LogP contribution in [0, 0.1) is 6.92 Å². The minimum absolute atomic E-state index is 0.0270. The van der Waals surface area contributed by atoms with Gasteiger partial charge in [0.2, 0.25) is 0 Å². The highest BCUT2D eigenvalue weighted by atomic mass is 16.6. The average Bonchev–Trinajstić information content (AvgIpc) is 3.40. The first-order chi connectivity index (χ1) is 17.1. The Morgan fingerprint density at radius 2 is 1.89 bits per heavy atom. The van der Waals surface area contributed by atoms with E-state index in [1.54, 1.807) is 24.8 Å². The van der Waals surface area contributed by atoms with Crippen LogP contribution in [-0.2, 0) is 4.84 Å². The zero-order valence-corrected chi connectivity index (χ0v) is 19.6. The third kappa shape index (κ3) is 5.14. The standard InChI is InChI=1S/C28H25N5O2/c1-18-6-7-23(32-16-18)20-12-21(25-15-28(35-33-25)24-5-3-4-8-30-24)14-22(13-20)27(34)11-19(2)26-17-29-9-10-31-26/h3-10,12-14,16-17,19,28H,11,15H2,1-2H3/t19-,28-/m0/s1. The maximum Gasteiger partial charge on any atom is 0.174 e. The van der Waals surface area contributed by atoms with Crippen molar-refractivity contribution in [1.29, 1.82) is 0 Å². The normalized spacial score (nSPS) is 15.8. The van der Waals surface area contributed by atoms with Gasteiger partial charge in [0.25, 0.3) is 0 Å². The molecule has 174 valence electrons. The predicted molar refractivity (Wildman–Crippen MR) is 133 cm³/mol. The zero-order chi connectivity index (χ0) is 24.2. The summed E-state index contributed by atoms with van der Waals surface area (Å²) in [5.74, 6) is -0.0272. The quantitative estimate of drug-likeness (QED) is 0.337. The van der Waals surface area contributed by atoms with Crippen LogP contribution in [0.1, 0.15) is 64.7 Å². The second-order valence-electron chi connectivity index (χ2n) is 8.77. The number of oxime groups is 1. The van der Waals surface area contributed by atoms with E-state index in [-0.39, 0.29) is 17.8 Å². The van der Waals surface area contributed by atoms with E-state index in [4.69, 9.17) is 4.84 Å². The SMILES string of the molecule is Cc1ccc(-c2cc(C(=O)C[C@H](C)c3cnccn3)cc(C3=NO[C@H](c4ccccn4)C3)c2)nc1. The van der Waals surface area contributed by atoms with Gasteiger partial charge in [-0.25, -0.2) is 0 Å². The number of pyridine rings is 2. The first-order valence-corrected chi connectivity index (χ1v) is 11.6. The lowest BCUT2D eigenvalue weighted by Crippen LogP contribution is -2.09. The van der Waals surface area contributed by atoms with Gasteiger partial charge in [-0.15, -0.1) is 0 Å². The Morgan fingerprint density at radius 1 is 1.00 bits per heavy atom. The van der Waals surface area contributed by atoms with E-state index in [0.717, 1.165) is 39.5 Å². The highest BCUT2D eigenvalue weighted by molar-refractivity contribution is 6.05. The minimum atomic E-state index is -0.247. The Bertz CT molecular complexity index is 1360. The third-order valence-electron chi connectivity index (χ3n) is 6.06. The van der Waals surface area contributed by atoms with E-state index in [9.17, 15) is 4.79 Å². The van der Waals surface area contributed by atoms with E-state index in [2.05, 4.69) is 25.1 Å². The molecule has 5 rings (SSSR count). The Morgan fingerprint density at radius 3 is 2.63 bits per heavy atom. The fourth-order valence-corrected chi connectivity index (χ4v) is 4.08. The predicted octanol–water partition coefficient (Wildman–Crippen LogP) is 5.48. The number of carbonyl (C=O) groups excluding carboxylic acids is 1. The number of nitrogens with zero attached hydrogens (tertiary/aromatic N) is 5. The van der Waals surface area contributed by atoms with Crippen molar-refractivity contribution in [3.63, 3.8) is 0 Å². The number of carbonyl (C=O) groups is 1. The van der Waals surface area contributed by atoms with Gasteiger partial charge in [0.1, 0.15) is 0 Å². The molecule has 0 saturated carbocycles. The number of Topliss-reactive ketones (excluding diaryl/α,β-unsaturated/α-hetero) is 1. The van der Waals surface area contributed by atoms with Crippen molar-refractivity contribution in [1.82, 2.24) is 19.9 Å². The summed E-state index contributed by atoms with van der Waals surface area (Å²) in [5.41, 5.74) is 6.60. The summed E-state index contributed by atoms with van der Waals surface area (Å²) in [6.07, 6.45) is 9.21. The monoisotopic (exact) mass is 463 g/mol. The molecule has 0 saturated heterocycles. The maximum absolute atomic E-state index is 13.4. The topological polar surface area (TPSA) is 90.2 Å². The summed E-state index contributed by atoms with van der Waals surface area (Å²) < 4.78 is 0. The summed E-state index contributed by atoms with van der Waals surface area (Å²) in [4.78, 5) is 36.5. The minimum Gasteiger partial charge on any atom is -0.385 e. The number of hydrogen-bond acceptors (Lipinski definition) is 7. The van der Waals surface area contributed by atoms with Crippen molar-refractivity contribution in [2.45, 2.75) is 38.7 Å². The fraction of sp³-hybridized carbons (Fsp3) is 0.214. The smallest absolute Gasteiger partial charge is 0.174 e. The Balaban J connectivity index is 1.46. The van der Waals surface area contributed by atoms with Crippen molar-refractivity contribution in [3.8, 4) is 11.3 Å². The van der Waals surface area contributed by atoms with Crippen molar-refractivity contribution in [2.24, 2.45) is 5.16 Å². The molecule has 0 fully saturated rings. The Kier molecular flexibility index (Phi) is 6.39. The lowest BCUT2D eigenvalue weighted by Gasteiger charge is -2.12. The molecule has 0 amide bonds. The summed E-state index contributed by atoms with van der Waals surface area (Å²) in [5, 5.41) is 4.35. The lowest BCUT2D eigenvalue weighted by molar-refractivity contribution is 0.0826. The molecular formula is C28H25N5O2. The molecule has 7 heteroatoms. The summed E-state index contributed by atoms with van der Waals surface area (Å²) in [6.45, 7) is 3.99. The molecule has 1 aliphatic heterocycles. The average molecular weight is 464 g/mol. The molecule has 0 radical (unpaired) electrons. The molecule has 35 heavy (non-hydrogen) atoms. The molecule has 0 bridgehead atoms. The van der Waals surface area contributed by atoms with Crippen molar-refractivity contribution in [3.05, 3.63) is 108 Å². The van der Waals surface area contributed by atoms with Crippen LogP contribution < -0.4 is 0 Å². The van der Waals surface area contributed by atoms with Gasteiger partial charge < -0.3 is 4.84 Å². The molecule has 7 nitrogen and oxygen atoms in total. The van der Waals surface area contributed by atoms with Crippen LogP contribution in [0.15, 0.2) is 84.7 Å². The van der Waals surface area contributed by atoms with Gasteiger partial charge in [-0.2, -0.15) is 0 Å². The molecule has 2 atom stereocenters. The highest BCUT2D eigenvalue weighted by Crippen LogP contribution is 2.31. The van der Waals surface area contributed by atoms with Crippen LogP contribution in [0.2, 0.25) is 0 Å². The zero-order valence-electron chi connectivity index (χ0n) is 19.6. The molecule has 3 aromatic heterocycles. The largest absolute Gasteiger partial charge is 0.385 e. The van der Waals surface area contributed by atoms with Crippen LogP contribution >= 0.6 is 0 Å². The van der Waals surface area contributed by atoms with Crippen LogP contribution in [0.5, 0.6) is 0 Å². The number of rotatable bonds is 7. The number of hydrogen-bond donors (Lipinski definition) is 0. The lowest BCUT2D eigenvalue weighted by atomic mass is 9.92. The van der Waals surface area contributed by atoms with E-state index in [0.29, 0.717) is 18.4 Å². The number of ketones is 1. The van der Waals surface area contributed by atoms with Crippen LogP contribution in [0.4, 0.5) is 0 Å². The van der Waals surface area contributed by atoms with Gasteiger partial charge in [0.05, 0.1) is 22.8 Å². The molecule has 4 heterocycles. The Hall–Kier alpha value is -4.26. The van der Waals surface area contributed by atoms with E-state index in [1.807, 2.05) is 68.6 Å². The first-order valence-electron chi connectivity index (χ1n) is 11.6. The van der Waals surface area contributed by atoms with Crippen molar-refractivity contribution in [2.75, 3.05) is 0 Å². The van der Waals surface area contributed by atoms with Crippen LogP contribution in [-0.4, -0.2) is 31.4 Å². The molecule has 0 N–H and O–H groups in total. The molecule has 4 aromatic rings. The molecule has 0 spiro atoms. The van der Waals surface area contributed by atoms with Gasteiger partial charge in [0.15, 0.2) is 11.9 Å². The second kappa shape index (κ2) is 9.93. The third-order valence-corrected chi connectivity index (χ3v) is 6.06. The van der Waals surface area contributed by atoms with E-state index >= 15 is 0 Å². The van der Waals surface area contributed by atoms with Crippen LogP contribution in [0.3, 0.4) is 0 Å². The molecular weight excluding hydrogens is 438 g/mol. The van der Waals surface area contributed by atoms with Gasteiger partial charge in [0, 0.05) is 66.4 Å². The summed E-state index contributed by atoms with van der Waals surface area (Å²) >= 11 is 0. The molecule has 0 aliphatic carbocycles. The second-order valence-corrected chi connectivity index (χ2v) is 8.77. The maximum atomic E-state index is 13.4. The van der Waals surface area contributed by atoms with Gasteiger partial charge in [-0.05, 0) is 48.9 Å². The fourth-order valence-electron chi connectivity index (χ4n) is 4.08. The van der Waals surface area contributed by atoms with E-state index < -0.39 is 0 Å².